The second kappa shape index (κ2) is 3.79. The number of hydrogen-bond acceptors (Lipinski definition) is 2. The van der Waals surface area contributed by atoms with Crippen LogP contribution in [-0.2, 0) is 4.79 Å². The Hall–Kier alpha value is -1.45. The van der Waals surface area contributed by atoms with Gasteiger partial charge in [-0.05, 0) is 25.0 Å². The van der Waals surface area contributed by atoms with Gasteiger partial charge in [-0.1, -0.05) is 0 Å². The van der Waals surface area contributed by atoms with E-state index in [9.17, 15) is 13.6 Å². The summed E-state index contributed by atoms with van der Waals surface area (Å²) in [6, 6.07) is 4.12. The molecule has 0 aromatic heterocycles. The van der Waals surface area contributed by atoms with Gasteiger partial charge in [0.15, 0.2) is 11.6 Å². The van der Waals surface area contributed by atoms with E-state index >= 15 is 0 Å². The molecule has 2 nitrogen and oxygen atoms in total. The lowest BCUT2D eigenvalue weighted by Crippen LogP contribution is -2.52. The second-order valence-electron chi connectivity index (χ2n) is 4.85. The third-order valence-electron chi connectivity index (χ3n) is 3.83. The van der Waals surface area contributed by atoms with Gasteiger partial charge in [-0.3, -0.25) is 4.79 Å². The van der Waals surface area contributed by atoms with E-state index in [0.717, 1.165) is 18.9 Å². The van der Waals surface area contributed by atoms with Gasteiger partial charge in [0, 0.05) is 36.7 Å². The highest BCUT2D eigenvalue weighted by Crippen LogP contribution is 2.36. The van der Waals surface area contributed by atoms with Crippen LogP contribution in [0.4, 0.5) is 14.5 Å². The van der Waals surface area contributed by atoms with Gasteiger partial charge in [0.05, 0.1) is 0 Å². The Morgan fingerprint density at radius 3 is 2.59 bits per heavy atom. The predicted molar refractivity (Wildman–Crippen MR) is 59.8 cm³/mol. The molecule has 0 spiro atoms. The minimum Gasteiger partial charge on any atom is -0.367 e. The zero-order chi connectivity index (χ0) is 12.0. The summed E-state index contributed by atoms with van der Waals surface area (Å²) in [6.07, 6.45) is 2.45. The number of Topliss-reactive ketones (excluding diaryl/α,β-unsaturated/α-hetero) is 1. The van der Waals surface area contributed by atoms with Gasteiger partial charge in [-0.15, -0.1) is 0 Å². The molecule has 4 heteroatoms. The third kappa shape index (κ3) is 1.72. The molecule has 2 bridgehead atoms. The van der Waals surface area contributed by atoms with Crippen LogP contribution < -0.4 is 4.90 Å². The molecular formula is C13H13F2NO. The molecule has 1 aromatic carbocycles. The summed E-state index contributed by atoms with van der Waals surface area (Å²) >= 11 is 0. The van der Waals surface area contributed by atoms with Gasteiger partial charge in [-0.2, -0.15) is 0 Å². The van der Waals surface area contributed by atoms with Gasteiger partial charge < -0.3 is 4.90 Å². The molecule has 4 rings (SSSR count). The summed E-state index contributed by atoms with van der Waals surface area (Å²) in [7, 11) is 0. The highest BCUT2D eigenvalue weighted by molar-refractivity contribution is 5.85. The minimum atomic E-state index is -0.827. The molecule has 0 N–H and O–H groups in total. The molecule has 3 aliphatic rings. The number of carbonyl (C=O) groups excluding carboxylic acids is 1. The minimum absolute atomic E-state index is 0.0770. The topological polar surface area (TPSA) is 20.3 Å². The lowest BCUT2D eigenvalue weighted by molar-refractivity contribution is -0.126. The maximum absolute atomic E-state index is 13.2. The van der Waals surface area contributed by atoms with E-state index in [4.69, 9.17) is 0 Å². The molecule has 17 heavy (non-hydrogen) atoms. The molecule has 3 fully saturated rings. The molecule has 2 aliphatic heterocycles. The smallest absolute Gasteiger partial charge is 0.160 e. The maximum Gasteiger partial charge on any atom is 0.160 e. The molecule has 1 aliphatic carbocycles. The van der Waals surface area contributed by atoms with E-state index in [0.29, 0.717) is 24.4 Å². The first-order valence-corrected chi connectivity index (χ1v) is 5.89. The number of piperidine rings is 2. The molecule has 0 amide bonds. The number of anilines is 1. The number of ketones is 1. The quantitative estimate of drug-likeness (QED) is 0.748. The molecule has 90 valence electrons. The van der Waals surface area contributed by atoms with Crippen LogP contribution in [0.5, 0.6) is 0 Å². The Morgan fingerprint density at radius 2 is 2.00 bits per heavy atom. The average molecular weight is 237 g/mol. The summed E-state index contributed by atoms with van der Waals surface area (Å²) < 4.78 is 26.1. The van der Waals surface area contributed by atoms with Crippen molar-refractivity contribution in [3.05, 3.63) is 29.8 Å². The van der Waals surface area contributed by atoms with E-state index in [-0.39, 0.29) is 12.0 Å². The molecule has 2 saturated heterocycles. The summed E-state index contributed by atoms with van der Waals surface area (Å²) in [5.74, 6) is -1.25. The fraction of sp³-hybridized carbons (Fsp3) is 0.462. The zero-order valence-corrected chi connectivity index (χ0v) is 9.33. The highest BCUT2D eigenvalue weighted by atomic mass is 19.2. The molecule has 1 saturated carbocycles. The summed E-state index contributed by atoms with van der Waals surface area (Å²) in [4.78, 5) is 13.6. The molecule has 0 radical (unpaired) electrons. The van der Waals surface area contributed by atoms with E-state index in [1.807, 2.05) is 4.90 Å². The Bertz CT molecular complexity index is 474. The second-order valence-corrected chi connectivity index (χ2v) is 4.85. The van der Waals surface area contributed by atoms with Crippen LogP contribution in [0, 0.1) is 17.6 Å². The van der Waals surface area contributed by atoms with Gasteiger partial charge in [0.1, 0.15) is 5.78 Å². The number of carbonyl (C=O) groups is 1. The fourth-order valence-electron chi connectivity index (χ4n) is 2.88. The Labute approximate surface area is 98.2 Å². The molecule has 1 aromatic rings. The average Bonchev–Trinajstić information content (AvgIpc) is 2.33. The Balaban J connectivity index is 1.90. The first-order chi connectivity index (χ1) is 8.15. The lowest BCUT2D eigenvalue weighted by atomic mass is 9.78. The van der Waals surface area contributed by atoms with Gasteiger partial charge in [-0.25, -0.2) is 8.78 Å². The van der Waals surface area contributed by atoms with Gasteiger partial charge in [0.2, 0.25) is 0 Å². The number of rotatable bonds is 1. The fourth-order valence-corrected chi connectivity index (χ4v) is 2.88. The predicted octanol–water partition coefficient (Wildman–Crippen LogP) is 2.52. The normalized spacial score (nSPS) is 27.6. The summed E-state index contributed by atoms with van der Waals surface area (Å²) in [5, 5.41) is 0. The van der Waals surface area contributed by atoms with E-state index in [2.05, 4.69) is 0 Å². The summed E-state index contributed by atoms with van der Waals surface area (Å²) in [6.45, 7) is 0.647. The van der Waals surface area contributed by atoms with Crippen molar-refractivity contribution in [2.45, 2.75) is 25.3 Å². The van der Waals surface area contributed by atoms with Crippen molar-refractivity contribution in [1.29, 1.82) is 0 Å². The number of halogens is 2. The van der Waals surface area contributed by atoms with Crippen molar-refractivity contribution in [3.8, 4) is 0 Å². The van der Waals surface area contributed by atoms with Crippen molar-refractivity contribution in [2.75, 3.05) is 11.4 Å². The van der Waals surface area contributed by atoms with Crippen LogP contribution >= 0.6 is 0 Å². The SMILES string of the molecule is O=C1CC2CCC1CN2c1ccc(F)c(F)c1. The number of nitrogens with zero attached hydrogens (tertiary/aromatic N) is 1. The van der Waals surface area contributed by atoms with Crippen molar-refractivity contribution in [1.82, 2.24) is 0 Å². The summed E-state index contributed by atoms with van der Waals surface area (Å²) in [5.41, 5.74) is 0.686. The number of fused-ring (bicyclic) bond motifs is 3. The molecular weight excluding hydrogens is 224 g/mol. The molecule has 2 heterocycles. The van der Waals surface area contributed by atoms with Gasteiger partial charge in [0.25, 0.3) is 0 Å². The third-order valence-corrected chi connectivity index (χ3v) is 3.83. The Morgan fingerprint density at radius 1 is 1.18 bits per heavy atom. The number of benzene rings is 1. The van der Waals surface area contributed by atoms with Crippen molar-refractivity contribution in [3.63, 3.8) is 0 Å². The van der Waals surface area contributed by atoms with Gasteiger partial charge >= 0.3 is 0 Å². The van der Waals surface area contributed by atoms with E-state index in [1.165, 1.54) is 6.07 Å². The lowest BCUT2D eigenvalue weighted by Gasteiger charge is -2.45. The van der Waals surface area contributed by atoms with Crippen LogP contribution in [0.15, 0.2) is 18.2 Å². The standard InChI is InChI=1S/C13H13F2NO/c14-11-4-3-9(5-12(11)15)16-7-8-1-2-10(16)6-13(8)17/h3-5,8,10H,1-2,6-7H2. The van der Waals surface area contributed by atoms with Crippen LogP contribution in [0.1, 0.15) is 19.3 Å². The number of hydrogen-bond donors (Lipinski definition) is 0. The van der Waals surface area contributed by atoms with Crippen molar-refractivity contribution in [2.24, 2.45) is 5.92 Å². The maximum atomic E-state index is 13.2. The molecule has 2 unspecified atom stereocenters. The highest BCUT2D eigenvalue weighted by Gasteiger charge is 2.39. The van der Waals surface area contributed by atoms with Crippen LogP contribution in [0.25, 0.3) is 0 Å². The zero-order valence-electron chi connectivity index (χ0n) is 9.33. The van der Waals surface area contributed by atoms with Crippen molar-refractivity contribution < 1.29 is 13.6 Å². The van der Waals surface area contributed by atoms with E-state index in [1.54, 1.807) is 6.07 Å². The van der Waals surface area contributed by atoms with Crippen LogP contribution in [0.3, 0.4) is 0 Å². The van der Waals surface area contributed by atoms with Crippen molar-refractivity contribution >= 4 is 11.5 Å². The largest absolute Gasteiger partial charge is 0.367 e. The van der Waals surface area contributed by atoms with Crippen LogP contribution in [0.2, 0.25) is 0 Å². The van der Waals surface area contributed by atoms with E-state index < -0.39 is 11.6 Å². The first kappa shape index (κ1) is 10.7. The van der Waals surface area contributed by atoms with Crippen LogP contribution in [-0.4, -0.2) is 18.4 Å². The Kier molecular flexibility index (Phi) is 2.38. The monoisotopic (exact) mass is 237 g/mol. The first-order valence-electron chi connectivity index (χ1n) is 5.89. The molecule has 2 atom stereocenters.